The molecule has 0 atom stereocenters. The number of nitrogens with one attached hydrogen (secondary N) is 1. The van der Waals surface area contributed by atoms with Crippen molar-refractivity contribution in [1.29, 1.82) is 0 Å². The highest BCUT2D eigenvalue weighted by molar-refractivity contribution is 7.89. The van der Waals surface area contributed by atoms with E-state index in [2.05, 4.69) is 10.5 Å². The summed E-state index contributed by atoms with van der Waals surface area (Å²) < 4.78 is 26.4. The molecule has 132 valence electrons. The zero-order chi connectivity index (χ0) is 17.6. The van der Waals surface area contributed by atoms with E-state index in [1.807, 2.05) is 0 Å². The number of rotatable bonds is 6. The molecule has 0 unspecified atom stereocenters. The maximum Gasteiger partial charge on any atom is 0.271 e. The fourth-order valence-corrected chi connectivity index (χ4v) is 4.28. The Morgan fingerprint density at radius 1 is 1.17 bits per heavy atom. The lowest BCUT2D eigenvalue weighted by Crippen LogP contribution is -2.31. The van der Waals surface area contributed by atoms with Crippen LogP contribution in [-0.4, -0.2) is 37.4 Å². The van der Waals surface area contributed by atoms with Crippen molar-refractivity contribution < 1.29 is 13.2 Å². The Morgan fingerprint density at radius 2 is 1.83 bits per heavy atom. The minimum atomic E-state index is -3.58. The SMILES string of the molecule is CCN(CC)S(=O)(=O)c1cccc(C(=O)NN=C2CCCCC2)c1. The van der Waals surface area contributed by atoms with Gasteiger partial charge in [-0.05, 0) is 43.9 Å². The van der Waals surface area contributed by atoms with Crippen molar-refractivity contribution in [3.63, 3.8) is 0 Å². The van der Waals surface area contributed by atoms with E-state index < -0.39 is 10.0 Å². The summed E-state index contributed by atoms with van der Waals surface area (Å²) in [5, 5.41) is 4.18. The van der Waals surface area contributed by atoms with Gasteiger partial charge in [0, 0.05) is 24.4 Å². The van der Waals surface area contributed by atoms with Gasteiger partial charge in [-0.1, -0.05) is 26.3 Å². The Hall–Kier alpha value is -1.73. The topological polar surface area (TPSA) is 78.8 Å². The summed E-state index contributed by atoms with van der Waals surface area (Å²) in [6.07, 6.45) is 5.24. The summed E-state index contributed by atoms with van der Waals surface area (Å²) in [4.78, 5) is 12.4. The van der Waals surface area contributed by atoms with Gasteiger partial charge in [-0.15, -0.1) is 0 Å². The number of amides is 1. The molecule has 1 saturated carbocycles. The van der Waals surface area contributed by atoms with Crippen LogP contribution in [0.1, 0.15) is 56.3 Å². The average Bonchev–Trinajstić information content (AvgIpc) is 2.61. The number of hydrazone groups is 1. The van der Waals surface area contributed by atoms with Crippen molar-refractivity contribution in [2.45, 2.75) is 50.8 Å². The van der Waals surface area contributed by atoms with Crippen LogP contribution in [-0.2, 0) is 10.0 Å². The van der Waals surface area contributed by atoms with Crippen LogP contribution >= 0.6 is 0 Å². The first-order chi connectivity index (χ1) is 11.5. The second-order valence-electron chi connectivity index (χ2n) is 5.80. The zero-order valence-corrected chi connectivity index (χ0v) is 15.1. The van der Waals surface area contributed by atoms with Gasteiger partial charge in [0.2, 0.25) is 10.0 Å². The van der Waals surface area contributed by atoms with Gasteiger partial charge in [-0.2, -0.15) is 9.41 Å². The molecule has 0 aliphatic heterocycles. The Balaban J connectivity index is 2.16. The number of hydrogen-bond acceptors (Lipinski definition) is 4. The molecule has 0 aromatic heterocycles. The smallest absolute Gasteiger partial charge is 0.267 e. The van der Waals surface area contributed by atoms with Crippen molar-refractivity contribution in [2.24, 2.45) is 5.10 Å². The molecule has 0 saturated heterocycles. The maximum atomic E-state index is 12.5. The third-order valence-electron chi connectivity index (χ3n) is 4.19. The summed E-state index contributed by atoms with van der Waals surface area (Å²) >= 11 is 0. The van der Waals surface area contributed by atoms with Gasteiger partial charge < -0.3 is 0 Å². The van der Waals surface area contributed by atoms with Crippen molar-refractivity contribution in [1.82, 2.24) is 9.73 Å². The lowest BCUT2D eigenvalue weighted by molar-refractivity contribution is 0.0954. The van der Waals surface area contributed by atoms with Crippen LogP contribution in [0.15, 0.2) is 34.3 Å². The van der Waals surface area contributed by atoms with E-state index in [0.717, 1.165) is 31.4 Å². The van der Waals surface area contributed by atoms with Crippen molar-refractivity contribution in [3.05, 3.63) is 29.8 Å². The van der Waals surface area contributed by atoms with Gasteiger partial charge in [0.1, 0.15) is 0 Å². The van der Waals surface area contributed by atoms with Crippen LogP contribution in [0.5, 0.6) is 0 Å². The van der Waals surface area contributed by atoms with Crippen LogP contribution in [0.4, 0.5) is 0 Å². The van der Waals surface area contributed by atoms with Crippen molar-refractivity contribution in [3.8, 4) is 0 Å². The minimum absolute atomic E-state index is 0.129. The summed E-state index contributed by atoms with van der Waals surface area (Å²) in [6.45, 7) is 4.36. The van der Waals surface area contributed by atoms with Crippen LogP contribution in [0.25, 0.3) is 0 Å². The zero-order valence-electron chi connectivity index (χ0n) is 14.3. The van der Waals surface area contributed by atoms with E-state index in [4.69, 9.17) is 0 Å². The molecule has 1 amide bonds. The van der Waals surface area contributed by atoms with Gasteiger partial charge in [0.15, 0.2) is 0 Å². The molecular formula is C17H25N3O3S. The van der Waals surface area contributed by atoms with Gasteiger partial charge >= 0.3 is 0 Å². The monoisotopic (exact) mass is 351 g/mol. The number of carbonyl (C=O) groups excluding carboxylic acids is 1. The summed E-state index contributed by atoms with van der Waals surface area (Å²) in [5.74, 6) is -0.385. The standard InChI is InChI=1S/C17H25N3O3S/c1-3-20(4-2)24(22,23)16-12-8-9-14(13-16)17(21)19-18-15-10-6-5-7-11-15/h8-9,12-13H,3-7,10-11H2,1-2H3,(H,19,21). The predicted octanol–water partition coefficient (Wildman–Crippen LogP) is 2.77. The van der Waals surface area contributed by atoms with E-state index in [0.29, 0.717) is 18.7 Å². The molecule has 0 spiro atoms. The molecule has 0 radical (unpaired) electrons. The first-order valence-corrected chi connectivity index (χ1v) is 9.89. The van der Waals surface area contributed by atoms with Gasteiger partial charge in [-0.3, -0.25) is 4.79 Å². The van der Waals surface area contributed by atoms with E-state index >= 15 is 0 Å². The fraction of sp³-hybridized carbons (Fsp3) is 0.529. The van der Waals surface area contributed by atoms with E-state index in [1.54, 1.807) is 26.0 Å². The maximum absolute atomic E-state index is 12.5. The summed E-state index contributed by atoms with van der Waals surface area (Å²) in [5.41, 5.74) is 3.84. The Kier molecular flexibility index (Phi) is 6.51. The first kappa shape index (κ1) is 18.6. The molecule has 7 heteroatoms. The Bertz CT molecular complexity index is 702. The molecular weight excluding hydrogens is 326 g/mol. The highest BCUT2D eigenvalue weighted by Gasteiger charge is 2.22. The normalized spacial score (nSPS) is 15.4. The Morgan fingerprint density at radius 3 is 2.46 bits per heavy atom. The molecule has 1 aromatic rings. The van der Waals surface area contributed by atoms with Crippen LogP contribution < -0.4 is 5.43 Å². The number of sulfonamides is 1. The van der Waals surface area contributed by atoms with Gasteiger partial charge in [-0.25, -0.2) is 13.8 Å². The second kappa shape index (κ2) is 8.39. The largest absolute Gasteiger partial charge is 0.271 e. The third kappa shape index (κ3) is 4.42. The average molecular weight is 351 g/mol. The number of benzene rings is 1. The van der Waals surface area contributed by atoms with Crippen LogP contribution in [0, 0.1) is 0 Å². The molecule has 2 rings (SSSR count). The Labute approximate surface area is 144 Å². The first-order valence-electron chi connectivity index (χ1n) is 8.45. The molecule has 6 nitrogen and oxygen atoms in total. The molecule has 1 aromatic carbocycles. The molecule has 1 N–H and O–H groups in total. The quantitative estimate of drug-likeness (QED) is 0.801. The van der Waals surface area contributed by atoms with Gasteiger partial charge in [0.05, 0.1) is 4.90 Å². The van der Waals surface area contributed by atoms with E-state index in [9.17, 15) is 13.2 Å². The predicted molar refractivity (Wildman–Crippen MR) is 94.5 cm³/mol. The van der Waals surface area contributed by atoms with Crippen molar-refractivity contribution >= 4 is 21.6 Å². The lowest BCUT2D eigenvalue weighted by Gasteiger charge is -2.18. The molecule has 1 aliphatic rings. The van der Waals surface area contributed by atoms with Crippen LogP contribution in [0.2, 0.25) is 0 Å². The lowest BCUT2D eigenvalue weighted by atomic mass is 9.99. The molecule has 0 heterocycles. The number of nitrogens with zero attached hydrogens (tertiary/aromatic N) is 2. The third-order valence-corrected chi connectivity index (χ3v) is 6.23. The minimum Gasteiger partial charge on any atom is -0.267 e. The van der Waals surface area contributed by atoms with Crippen LogP contribution in [0.3, 0.4) is 0 Å². The van der Waals surface area contributed by atoms with Crippen molar-refractivity contribution in [2.75, 3.05) is 13.1 Å². The molecule has 1 aliphatic carbocycles. The second-order valence-corrected chi connectivity index (χ2v) is 7.73. The summed E-state index contributed by atoms with van der Waals surface area (Å²) in [6, 6.07) is 6.10. The highest BCUT2D eigenvalue weighted by atomic mass is 32.2. The van der Waals surface area contributed by atoms with Gasteiger partial charge in [0.25, 0.3) is 5.91 Å². The molecule has 1 fully saturated rings. The fourth-order valence-electron chi connectivity index (χ4n) is 2.78. The highest BCUT2D eigenvalue weighted by Crippen LogP contribution is 2.17. The molecule has 24 heavy (non-hydrogen) atoms. The van der Waals surface area contributed by atoms with E-state index in [1.165, 1.54) is 22.9 Å². The number of hydrogen-bond donors (Lipinski definition) is 1. The van der Waals surface area contributed by atoms with E-state index in [-0.39, 0.29) is 10.8 Å². The number of carbonyl (C=O) groups is 1. The molecule has 0 bridgehead atoms. The summed E-state index contributed by atoms with van der Waals surface area (Å²) in [7, 11) is -3.58.